The SMILES string of the molecule is CCOC(=O)C1=C(N)Oc2n[nH]c(C)c2C12C(=O)N(Cc1ccc(F)cc1)c1ccccc12. The Kier molecular flexibility index (Phi) is 4.70. The summed E-state index contributed by atoms with van der Waals surface area (Å²) in [5, 5.41) is 7.01. The molecule has 2 aliphatic rings. The number of hydrogen-bond donors (Lipinski definition) is 2. The third kappa shape index (κ3) is 2.85. The first-order valence-electron chi connectivity index (χ1n) is 10.5. The van der Waals surface area contributed by atoms with Crippen molar-refractivity contribution in [2.24, 2.45) is 5.73 Å². The number of amides is 1. The number of ether oxygens (including phenoxy) is 2. The van der Waals surface area contributed by atoms with Gasteiger partial charge in [-0.1, -0.05) is 30.3 Å². The molecule has 1 atom stereocenters. The average Bonchev–Trinajstić information content (AvgIpc) is 3.27. The van der Waals surface area contributed by atoms with E-state index >= 15 is 0 Å². The van der Waals surface area contributed by atoms with Crippen molar-refractivity contribution >= 4 is 17.6 Å². The third-order valence-corrected chi connectivity index (χ3v) is 6.02. The van der Waals surface area contributed by atoms with Gasteiger partial charge in [-0.25, -0.2) is 9.18 Å². The van der Waals surface area contributed by atoms with E-state index in [9.17, 15) is 14.0 Å². The molecule has 1 spiro atoms. The van der Waals surface area contributed by atoms with Crippen LogP contribution in [0.4, 0.5) is 10.1 Å². The van der Waals surface area contributed by atoms with Crippen molar-refractivity contribution in [2.45, 2.75) is 25.8 Å². The first kappa shape index (κ1) is 20.7. The summed E-state index contributed by atoms with van der Waals surface area (Å²) in [6, 6.07) is 13.1. The molecule has 3 aromatic rings. The Morgan fingerprint density at radius 1 is 1.24 bits per heavy atom. The number of aromatic amines is 1. The average molecular weight is 448 g/mol. The summed E-state index contributed by atoms with van der Waals surface area (Å²) in [5.41, 5.74) is 7.40. The molecular weight excluding hydrogens is 427 g/mol. The lowest BCUT2D eigenvalue weighted by Crippen LogP contribution is -2.48. The van der Waals surface area contributed by atoms with Gasteiger partial charge in [-0.3, -0.25) is 9.89 Å². The van der Waals surface area contributed by atoms with Crippen LogP contribution in [0, 0.1) is 12.7 Å². The first-order chi connectivity index (χ1) is 15.9. The van der Waals surface area contributed by atoms with E-state index in [0.717, 1.165) is 5.56 Å². The summed E-state index contributed by atoms with van der Waals surface area (Å²) in [7, 11) is 0. The largest absolute Gasteiger partial charge is 0.462 e. The topological polar surface area (TPSA) is 111 Å². The summed E-state index contributed by atoms with van der Waals surface area (Å²) < 4.78 is 24.4. The zero-order valence-electron chi connectivity index (χ0n) is 18.0. The van der Waals surface area contributed by atoms with E-state index in [1.54, 1.807) is 49.1 Å². The molecule has 1 aromatic heterocycles. The van der Waals surface area contributed by atoms with Crippen LogP contribution in [0.15, 0.2) is 60.0 Å². The van der Waals surface area contributed by atoms with Crippen molar-refractivity contribution < 1.29 is 23.5 Å². The maximum Gasteiger partial charge on any atom is 0.341 e. The number of nitrogens with one attached hydrogen (secondary N) is 1. The Labute approximate surface area is 188 Å². The number of benzene rings is 2. The smallest absolute Gasteiger partial charge is 0.341 e. The molecule has 2 aromatic carbocycles. The van der Waals surface area contributed by atoms with E-state index in [2.05, 4.69) is 10.2 Å². The second kappa shape index (κ2) is 7.47. The van der Waals surface area contributed by atoms with Crippen LogP contribution in [-0.2, 0) is 26.3 Å². The van der Waals surface area contributed by atoms with Crippen LogP contribution in [0.3, 0.4) is 0 Å². The summed E-state index contributed by atoms with van der Waals surface area (Å²) in [5.74, 6) is -1.61. The van der Waals surface area contributed by atoms with Crippen LogP contribution >= 0.6 is 0 Å². The van der Waals surface area contributed by atoms with E-state index in [1.807, 2.05) is 6.07 Å². The standard InChI is InChI=1S/C24H21FN4O4/c1-3-32-22(30)19-20(26)33-21-18(13(2)27-28-21)24(19)16-6-4-5-7-17(16)29(23(24)31)12-14-8-10-15(25)11-9-14/h4-11H,3,12,26H2,1-2H3,(H,27,28). The fourth-order valence-corrected chi connectivity index (χ4v) is 4.71. The van der Waals surface area contributed by atoms with Crippen LogP contribution in [-0.4, -0.2) is 28.7 Å². The molecule has 9 heteroatoms. The number of hydrogen-bond acceptors (Lipinski definition) is 6. The molecule has 8 nitrogen and oxygen atoms in total. The normalized spacial score (nSPS) is 18.9. The lowest BCUT2D eigenvalue weighted by molar-refractivity contribution is -0.140. The van der Waals surface area contributed by atoms with Crippen LogP contribution in [0.2, 0.25) is 0 Å². The van der Waals surface area contributed by atoms with Crippen molar-refractivity contribution in [1.82, 2.24) is 10.2 Å². The predicted octanol–water partition coefficient (Wildman–Crippen LogP) is 2.82. The molecular formula is C24H21FN4O4. The van der Waals surface area contributed by atoms with Gasteiger partial charge in [0.15, 0.2) is 0 Å². The number of nitrogens with two attached hydrogens (primary N) is 1. The van der Waals surface area contributed by atoms with Crippen LogP contribution in [0.1, 0.15) is 29.3 Å². The molecule has 0 radical (unpaired) electrons. The molecule has 168 valence electrons. The van der Waals surface area contributed by atoms with Gasteiger partial charge in [0.25, 0.3) is 0 Å². The molecule has 0 saturated carbocycles. The zero-order chi connectivity index (χ0) is 23.3. The number of nitrogens with zero attached hydrogens (tertiary/aromatic N) is 2. The van der Waals surface area contributed by atoms with E-state index < -0.39 is 17.3 Å². The monoisotopic (exact) mass is 448 g/mol. The highest BCUT2D eigenvalue weighted by atomic mass is 19.1. The van der Waals surface area contributed by atoms with Gasteiger partial charge >= 0.3 is 5.97 Å². The van der Waals surface area contributed by atoms with Crippen molar-refractivity contribution in [3.05, 3.63) is 88.2 Å². The number of para-hydroxylation sites is 1. The molecule has 0 aliphatic carbocycles. The van der Waals surface area contributed by atoms with Gasteiger partial charge in [0.05, 0.1) is 18.7 Å². The summed E-state index contributed by atoms with van der Waals surface area (Å²) in [6.07, 6.45) is 0. The van der Waals surface area contributed by atoms with E-state index in [1.165, 1.54) is 12.1 Å². The fraction of sp³-hybridized carbons (Fsp3) is 0.208. The quantitative estimate of drug-likeness (QED) is 0.594. The number of esters is 1. The maximum absolute atomic E-state index is 14.3. The molecule has 3 heterocycles. The zero-order valence-corrected chi connectivity index (χ0v) is 18.0. The predicted molar refractivity (Wildman–Crippen MR) is 117 cm³/mol. The number of carbonyl (C=O) groups excluding carboxylic acids is 2. The van der Waals surface area contributed by atoms with Crippen molar-refractivity contribution in [2.75, 3.05) is 11.5 Å². The maximum atomic E-state index is 14.3. The van der Waals surface area contributed by atoms with Gasteiger partial charge in [-0.2, -0.15) is 0 Å². The molecule has 33 heavy (non-hydrogen) atoms. The van der Waals surface area contributed by atoms with Gasteiger partial charge in [0.1, 0.15) is 16.8 Å². The molecule has 1 unspecified atom stereocenters. The number of rotatable bonds is 4. The second-order valence-corrected chi connectivity index (χ2v) is 7.88. The highest BCUT2D eigenvalue weighted by Gasteiger charge is 2.62. The molecule has 5 rings (SSSR count). The first-order valence-corrected chi connectivity index (χ1v) is 10.5. The minimum atomic E-state index is -1.60. The van der Waals surface area contributed by atoms with E-state index in [0.29, 0.717) is 22.5 Å². The molecule has 0 saturated heterocycles. The Morgan fingerprint density at radius 3 is 2.70 bits per heavy atom. The van der Waals surface area contributed by atoms with Gasteiger partial charge in [0, 0.05) is 16.9 Å². The molecule has 0 fully saturated rings. The van der Waals surface area contributed by atoms with Crippen LogP contribution in [0.5, 0.6) is 5.88 Å². The van der Waals surface area contributed by atoms with Gasteiger partial charge in [0.2, 0.25) is 17.7 Å². The molecule has 1 amide bonds. The lowest BCUT2D eigenvalue weighted by atomic mass is 9.68. The highest BCUT2D eigenvalue weighted by Crippen LogP contribution is 2.56. The van der Waals surface area contributed by atoms with Crippen LogP contribution in [0.25, 0.3) is 0 Å². The highest BCUT2D eigenvalue weighted by molar-refractivity contribution is 6.18. The summed E-state index contributed by atoms with van der Waals surface area (Å²) in [6.45, 7) is 3.68. The number of anilines is 1. The number of aryl methyl sites for hydroxylation is 1. The molecule has 2 aliphatic heterocycles. The Bertz CT molecular complexity index is 1310. The summed E-state index contributed by atoms with van der Waals surface area (Å²) in [4.78, 5) is 29.1. The molecule has 0 bridgehead atoms. The number of H-pyrrole nitrogens is 1. The second-order valence-electron chi connectivity index (χ2n) is 7.88. The van der Waals surface area contributed by atoms with Crippen molar-refractivity contribution in [3.8, 4) is 5.88 Å². The Morgan fingerprint density at radius 2 is 1.97 bits per heavy atom. The van der Waals surface area contributed by atoms with Gasteiger partial charge in [-0.05, 0) is 37.6 Å². The number of aromatic nitrogens is 2. The number of halogens is 1. The van der Waals surface area contributed by atoms with Gasteiger partial charge in [-0.15, -0.1) is 5.10 Å². The lowest BCUT2D eigenvalue weighted by Gasteiger charge is -2.34. The minimum Gasteiger partial charge on any atom is -0.462 e. The third-order valence-electron chi connectivity index (χ3n) is 6.02. The summed E-state index contributed by atoms with van der Waals surface area (Å²) >= 11 is 0. The Hall–Kier alpha value is -4.14. The fourth-order valence-electron chi connectivity index (χ4n) is 4.71. The van der Waals surface area contributed by atoms with E-state index in [4.69, 9.17) is 15.2 Å². The number of carbonyl (C=O) groups is 2. The number of fused-ring (bicyclic) bond motifs is 4. The van der Waals surface area contributed by atoms with Crippen molar-refractivity contribution in [1.29, 1.82) is 0 Å². The Balaban J connectivity index is 1.77. The van der Waals surface area contributed by atoms with E-state index in [-0.39, 0.29) is 36.3 Å². The van der Waals surface area contributed by atoms with Crippen molar-refractivity contribution in [3.63, 3.8) is 0 Å². The van der Waals surface area contributed by atoms with Crippen LogP contribution < -0.4 is 15.4 Å². The van der Waals surface area contributed by atoms with Gasteiger partial charge < -0.3 is 20.1 Å². The minimum absolute atomic E-state index is 0.0830. The molecule has 3 N–H and O–H groups in total.